The molecule has 0 saturated carbocycles. The molecule has 1 saturated heterocycles. The maximum absolute atomic E-state index is 12.1. The maximum Gasteiger partial charge on any atom is 0.230 e. The van der Waals surface area contributed by atoms with Crippen LogP contribution >= 0.6 is 23.5 Å². The standard InChI is InChI=1S/C17H23N3OS2/c1-2-20-9-7-14(8-10-20)18-16(21)12-23-17-19-15-6-4-3-5-13(15)11-22-17/h3-6,14H,2,7-12H2,1H3,(H,18,21). The van der Waals surface area contributed by atoms with Crippen molar-refractivity contribution in [2.45, 2.75) is 31.6 Å². The summed E-state index contributed by atoms with van der Waals surface area (Å²) < 4.78 is 1.000. The molecule has 0 spiro atoms. The molecule has 2 aliphatic heterocycles. The van der Waals surface area contributed by atoms with Crippen LogP contribution in [0.4, 0.5) is 5.69 Å². The SMILES string of the molecule is CCN1CCC(NC(=O)CSC2=Nc3ccccc3CS2)CC1. The van der Waals surface area contributed by atoms with Gasteiger partial charge in [-0.15, -0.1) is 0 Å². The Morgan fingerprint density at radius 1 is 1.39 bits per heavy atom. The van der Waals surface area contributed by atoms with Gasteiger partial charge in [0.2, 0.25) is 5.91 Å². The molecule has 1 fully saturated rings. The molecule has 0 atom stereocenters. The highest BCUT2D eigenvalue weighted by atomic mass is 32.2. The first kappa shape index (κ1) is 16.9. The van der Waals surface area contributed by atoms with Gasteiger partial charge >= 0.3 is 0 Å². The van der Waals surface area contributed by atoms with E-state index < -0.39 is 0 Å². The van der Waals surface area contributed by atoms with Gasteiger partial charge in [-0.1, -0.05) is 48.6 Å². The fraction of sp³-hybridized carbons (Fsp3) is 0.529. The summed E-state index contributed by atoms with van der Waals surface area (Å²) in [6.07, 6.45) is 2.13. The van der Waals surface area contributed by atoms with Crippen LogP contribution in [0.3, 0.4) is 0 Å². The number of benzene rings is 1. The molecule has 1 amide bonds. The number of amides is 1. The molecule has 0 radical (unpaired) electrons. The molecule has 23 heavy (non-hydrogen) atoms. The first-order valence-corrected chi connectivity index (χ1v) is 10.2. The van der Waals surface area contributed by atoms with E-state index in [-0.39, 0.29) is 5.91 Å². The first-order valence-electron chi connectivity index (χ1n) is 8.18. The maximum atomic E-state index is 12.1. The summed E-state index contributed by atoms with van der Waals surface area (Å²) in [6, 6.07) is 8.55. The minimum atomic E-state index is 0.132. The molecule has 124 valence electrons. The number of carbonyl (C=O) groups excluding carboxylic acids is 1. The number of hydrogen-bond acceptors (Lipinski definition) is 5. The van der Waals surface area contributed by atoms with Gasteiger partial charge in [-0.2, -0.15) is 0 Å². The second-order valence-corrected chi connectivity index (χ2v) is 8.05. The molecule has 1 N–H and O–H groups in total. The molecule has 2 aliphatic rings. The average Bonchev–Trinajstić information content (AvgIpc) is 2.60. The van der Waals surface area contributed by atoms with Gasteiger partial charge in [0.1, 0.15) is 4.38 Å². The van der Waals surface area contributed by atoms with Gasteiger partial charge in [-0.05, 0) is 31.0 Å². The van der Waals surface area contributed by atoms with Crippen molar-refractivity contribution in [1.29, 1.82) is 0 Å². The predicted octanol–water partition coefficient (Wildman–Crippen LogP) is 3.25. The van der Waals surface area contributed by atoms with E-state index in [1.807, 2.05) is 18.2 Å². The molecular formula is C17H23N3OS2. The third-order valence-electron chi connectivity index (χ3n) is 4.28. The van der Waals surface area contributed by atoms with Gasteiger partial charge in [-0.3, -0.25) is 4.79 Å². The number of piperidine rings is 1. The third kappa shape index (κ3) is 4.75. The van der Waals surface area contributed by atoms with Crippen LogP contribution in [-0.2, 0) is 10.5 Å². The zero-order valence-corrected chi connectivity index (χ0v) is 15.1. The molecule has 6 heteroatoms. The zero-order valence-electron chi connectivity index (χ0n) is 13.5. The van der Waals surface area contributed by atoms with E-state index in [0.717, 1.165) is 48.3 Å². The fourth-order valence-corrected chi connectivity index (χ4v) is 4.75. The molecule has 3 rings (SSSR count). The molecule has 1 aromatic carbocycles. The molecule has 2 heterocycles. The highest BCUT2D eigenvalue weighted by Gasteiger charge is 2.20. The van der Waals surface area contributed by atoms with Crippen LogP contribution in [-0.4, -0.2) is 46.6 Å². The smallest absolute Gasteiger partial charge is 0.230 e. The Bertz CT molecular complexity index is 583. The molecule has 0 unspecified atom stereocenters. The lowest BCUT2D eigenvalue weighted by atomic mass is 10.1. The lowest BCUT2D eigenvalue weighted by molar-refractivity contribution is -0.119. The van der Waals surface area contributed by atoms with Crippen LogP contribution in [0.25, 0.3) is 0 Å². The molecule has 0 bridgehead atoms. The Hall–Kier alpha value is -0.980. The summed E-state index contributed by atoms with van der Waals surface area (Å²) in [4.78, 5) is 19.2. The molecular weight excluding hydrogens is 326 g/mol. The van der Waals surface area contributed by atoms with Crippen LogP contribution in [0.1, 0.15) is 25.3 Å². The number of likely N-dealkylation sites (tertiary alicyclic amines) is 1. The summed E-state index contributed by atoms with van der Waals surface area (Å²) in [6.45, 7) is 5.48. The topological polar surface area (TPSA) is 44.7 Å². The minimum Gasteiger partial charge on any atom is -0.353 e. The van der Waals surface area contributed by atoms with Crippen molar-refractivity contribution >= 4 is 39.5 Å². The number of para-hydroxylation sites is 1. The second kappa shape index (κ2) is 8.22. The number of aliphatic imine (C=N–C) groups is 1. The molecule has 1 aromatic rings. The van der Waals surface area contributed by atoms with Crippen molar-refractivity contribution in [1.82, 2.24) is 10.2 Å². The third-order valence-corrected chi connectivity index (χ3v) is 6.53. The van der Waals surface area contributed by atoms with Crippen molar-refractivity contribution in [2.75, 3.05) is 25.4 Å². The monoisotopic (exact) mass is 349 g/mol. The average molecular weight is 350 g/mol. The number of carbonyl (C=O) groups is 1. The number of fused-ring (bicyclic) bond motifs is 1. The van der Waals surface area contributed by atoms with Crippen LogP contribution in [0, 0.1) is 0 Å². The summed E-state index contributed by atoms with van der Waals surface area (Å²) in [5.41, 5.74) is 2.31. The Balaban J connectivity index is 1.44. The summed E-state index contributed by atoms with van der Waals surface area (Å²) >= 11 is 3.28. The molecule has 0 aromatic heterocycles. The highest BCUT2D eigenvalue weighted by Crippen LogP contribution is 2.34. The van der Waals surface area contributed by atoms with Gasteiger partial charge in [-0.25, -0.2) is 4.99 Å². The summed E-state index contributed by atoms with van der Waals surface area (Å²) in [5.74, 6) is 1.54. The fourth-order valence-electron chi connectivity index (χ4n) is 2.88. The summed E-state index contributed by atoms with van der Waals surface area (Å²) in [7, 11) is 0. The van der Waals surface area contributed by atoms with Crippen LogP contribution < -0.4 is 5.32 Å². The van der Waals surface area contributed by atoms with E-state index in [4.69, 9.17) is 0 Å². The largest absolute Gasteiger partial charge is 0.353 e. The number of nitrogens with zero attached hydrogens (tertiary/aromatic N) is 2. The Morgan fingerprint density at radius 3 is 2.96 bits per heavy atom. The van der Waals surface area contributed by atoms with Crippen LogP contribution in [0.2, 0.25) is 0 Å². The van der Waals surface area contributed by atoms with Gasteiger partial charge in [0.15, 0.2) is 0 Å². The molecule has 4 nitrogen and oxygen atoms in total. The van der Waals surface area contributed by atoms with Gasteiger partial charge in [0.25, 0.3) is 0 Å². The number of hydrogen-bond donors (Lipinski definition) is 1. The molecule has 0 aliphatic carbocycles. The Morgan fingerprint density at radius 2 is 2.17 bits per heavy atom. The van der Waals surface area contributed by atoms with Crippen molar-refractivity contribution in [3.63, 3.8) is 0 Å². The van der Waals surface area contributed by atoms with Crippen LogP contribution in [0.15, 0.2) is 29.3 Å². The van der Waals surface area contributed by atoms with E-state index in [2.05, 4.69) is 28.2 Å². The Labute approximate surface area is 146 Å². The predicted molar refractivity (Wildman–Crippen MR) is 101 cm³/mol. The van der Waals surface area contributed by atoms with E-state index in [9.17, 15) is 4.79 Å². The van der Waals surface area contributed by atoms with E-state index >= 15 is 0 Å². The van der Waals surface area contributed by atoms with Crippen LogP contribution in [0.5, 0.6) is 0 Å². The number of thioether (sulfide) groups is 2. The van der Waals surface area contributed by atoms with Crippen molar-refractivity contribution in [3.8, 4) is 0 Å². The Kier molecular flexibility index (Phi) is 6.02. The highest BCUT2D eigenvalue weighted by molar-refractivity contribution is 8.38. The first-order chi connectivity index (χ1) is 11.2. The van der Waals surface area contributed by atoms with Gasteiger partial charge in [0, 0.05) is 24.9 Å². The van der Waals surface area contributed by atoms with E-state index in [1.165, 1.54) is 5.56 Å². The van der Waals surface area contributed by atoms with E-state index in [1.54, 1.807) is 23.5 Å². The van der Waals surface area contributed by atoms with Crippen molar-refractivity contribution in [2.24, 2.45) is 4.99 Å². The second-order valence-electron chi connectivity index (χ2n) is 5.86. The lowest BCUT2D eigenvalue weighted by Crippen LogP contribution is -2.45. The number of nitrogens with one attached hydrogen (secondary N) is 1. The van der Waals surface area contributed by atoms with E-state index in [0.29, 0.717) is 11.8 Å². The van der Waals surface area contributed by atoms with Crippen molar-refractivity contribution < 1.29 is 4.79 Å². The van der Waals surface area contributed by atoms with Crippen molar-refractivity contribution in [3.05, 3.63) is 29.8 Å². The normalized spacial score (nSPS) is 19.1. The summed E-state index contributed by atoms with van der Waals surface area (Å²) in [5, 5.41) is 3.17. The number of rotatable bonds is 4. The quantitative estimate of drug-likeness (QED) is 0.906. The minimum absolute atomic E-state index is 0.132. The van der Waals surface area contributed by atoms with Gasteiger partial charge in [0.05, 0.1) is 11.4 Å². The lowest BCUT2D eigenvalue weighted by Gasteiger charge is -2.31. The zero-order chi connectivity index (χ0) is 16.1. The van der Waals surface area contributed by atoms with Gasteiger partial charge < -0.3 is 10.2 Å².